The molecule has 2 aromatic carbocycles. The number of ether oxygens (including phenoxy) is 2. The topological polar surface area (TPSA) is 74.5 Å². The number of aromatic nitrogens is 2. The van der Waals surface area contributed by atoms with Crippen molar-refractivity contribution >= 4 is 5.97 Å². The summed E-state index contributed by atoms with van der Waals surface area (Å²) in [5, 5.41) is 8.10. The fourth-order valence-corrected chi connectivity index (χ4v) is 1.93. The van der Waals surface area contributed by atoms with Crippen molar-refractivity contribution in [1.29, 1.82) is 0 Å². The average molecular weight is 310 g/mol. The molecule has 0 atom stereocenters. The third kappa shape index (κ3) is 3.55. The second-order valence-electron chi connectivity index (χ2n) is 4.67. The summed E-state index contributed by atoms with van der Waals surface area (Å²) in [7, 11) is 1.31. The fourth-order valence-electron chi connectivity index (χ4n) is 1.93. The Kier molecular flexibility index (Phi) is 4.33. The second-order valence-corrected chi connectivity index (χ2v) is 4.67. The van der Waals surface area contributed by atoms with E-state index in [1.807, 2.05) is 30.3 Å². The van der Waals surface area contributed by atoms with Gasteiger partial charge in [-0.25, -0.2) is 4.79 Å². The second kappa shape index (κ2) is 6.74. The molecule has 1 aromatic heterocycles. The highest BCUT2D eigenvalue weighted by atomic mass is 16.6. The molecule has 0 fully saturated rings. The number of nitrogens with zero attached hydrogens (tertiary/aromatic N) is 2. The number of rotatable bonds is 5. The van der Waals surface area contributed by atoms with Crippen molar-refractivity contribution in [1.82, 2.24) is 10.2 Å². The number of methoxy groups -OCH3 is 1. The molecule has 0 saturated heterocycles. The molecule has 3 aromatic rings. The van der Waals surface area contributed by atoms with E-state index in [4.69, 9.17) is 9.15 Å². The molecule has 0 aliphatic carbocycles. The van der Waals surface area contributed by atoms with Crippen LogP contribution >= 0.6 is 0 Å². The molecule has 0 saturated carbocycles. The van der Waals surface area contributed by atoms with Crippen LogP contribution in [0.5, 0.6) is 5.75 Å². The molecule has 0 aliphatic rings. The van der Waals surface area contributed by atoms with Gasteiger partial charge in [0.25, 0.3) is 0 Å². The van der Waals surface area contributed by atoms with Gasteiger partial charge in [-0.15, -0.1) is 10.2 Å². The summed E-state index contributed by atoms with van der Waals surface area (Å²) >= 11 is 0. The molecule has 0 bridgehead atoms. The van der Waals surface area contributed by atoms with Gasteiger partial charge in [-0.2, -0.15) is 0 Å². The van der Waals surface area contributed by atoms with Gasteiger partial charge in [0.2, 0.25) is 11.8 Å². The quantitative estimate of drug-likeness (QED) is 0.674. The first kappa shape index (κ1) is 14.8. The normalized spacial score (nSPS) is 10.3. The highest BCUT2D eigenvalue weighted by molar-refractivity contribution is 5.70. The molecule has 23 heavy (non-hydrogen) atoms. The Bertz CT molecular complexity index is 782. The maximum atomic E-state index is 11.0. The predicted octanol–water partition coefficient (Wildman–Crippen LogP) is 2.96. The van der Waals surface area contributed by atoms with Crippen molar-refractivity contribution in [3.05, 3.63) is 54.6 Å². The minimum Gasteiger partial charge on any atom is -0.482 e. The summed E-state index contributed by atoms with van der Waals surface area (Å²) < 4.78 is 15.5. The van der Waals surface area contributed by atoms with Crippen molar-refractivity contribution in [2.45, 2.75) is 0 Å². The van der Waals surface area contributed by atoms with Crippen molar-refractivity contribution < 1.29 is 18.7 Å². The van der Waals surface area contributed by atoms with Crippen LogP contribution in [0.1, 0.15) is 0 Å². The van der Waals surface area contributed by atoms with Gasteiger partial charge in [0.15, 0.2) is 6.61 Å². The predicted molar refractivity (Wildman–Crippen MR) is 82.7 cm³/mol. The number of hydrogen-bond donors (Lipinski definition) is 0. The Hall–Kier alpha value is -3.15. The van der Waals surface area contributed by atoms with Crippen molar-refractivity contribution in [3.63, 3.8) is 0 Å². The van der Waals surface area contributed by atoms with Gasteiger partial charge in [0, 0.05) is 11.1 Å². The minimum absolute atomic E-state index is 0.130. The number of carbonyl (C=O) groups is 1. The van der Waals surface area contributed by atoms with Crippen LogP contribution in [-0.4, -0.2) is 29.9 Å². The van der Waals surface area contributed by atoms with Crippen molar-refractivity contribution in [2.24, 2.45) is 0 Å². The zero-order chi connectivity index (χ0) is 16.1. The van der Waals surface area contributed by atoms with E-state index >= 15 is 0 Å². The third-order valence-electron chi connectivity index (χ3n) is 3.13. The first-order valence-corrected chi connectivity index (χ1v) is 6.95. The molecule has 0 radical (unpaired) electrons. The lowest BCUT2D eigenvalue weighted by Crippen LogP contribution is -2.12. The Morgan fingerprint density at radius 3 is 2.17 bits per heavy atom. The van der Waals surface area contributed by atoms with Gasteiger partial charge in [0.05, 0.1) is 7.11 Å². The third-order valence-corrected chi connectivity index (χ3v) is 3.13. The van der Waals surface area contributed by atoms with Crippen LogP contribution in [0.3, 0.4) is 0 Å². The number of benzene rings is 2. The zero-order valence-corrected chi connectivity index (χ0v) is 12.4. The van der Waals surface area contributed by atoms with E-state index < -0.39 is 5.97 Å². The van der Waals surface area contributed by atoms with Crippen LogP contribution in [0.15, 0.2) is 59.0 Å². The monoisotopic (exact) mass is 310 g/mol. The zero-order valence-electron chi connectivity index (χ0n) is 12.4. The molecule has 6 heteroatoms. The molecule has 116 valence electrons. The summed E-state index contributed by atoms with van der Waals surface area (Å²) in [6.45, 7) is -0.130. The molecule has 0 aliphatic heterocycles. The molecule has 0 spiro atoms. The van der Waals surface area contributed by atoms with Crippen LogP contribution in [0, 0.1) is 0 Å². The van der Waals surface area contributed by atoms with Crippen LogP contribution in [0.25, 0.3) is 22.9 Å². The maximum Gasteiger partial charge on any atom is 0.343 e. The minimum atomic E-state index is -0.432. The van der Waals surface area contributed by atoms with E-state index in [-0.39, 0.29) is 6.61 Å². The average Bonchev–Trinajstić information content (AvgIpc) is 3.11. The molecule has 0 amide bonds. The largest absolute Gasteiger partial charge is 0.482 e. The summed E-state index contributed by atoms with van der Waals surface area (Å²) in [6, 6.07) is 16.6. The summed E-state index contributed by atoms with van der Waals surface area (Å²) in [6.07, 6.45) is 0. The molecular formula is C17H14N2O4. The number of esters is 1. The van der Waals surface area contributed by atoms with E-state index in [0.29, 0.717) is 17.5 Å². The van der Waals surface area contributed by atoms with Crippen LogP contribution in [0.2, 0.25) is 0 Å². The van der Waals surface area contributed by atoms with Gasteiger partial charge in [0.1, 0.15) is 5.75 Å². The molecule has 1 heterocycles. The molecule has 3 rings (SSSR count). The highest BCUT2D eigenvalue weighted by Crippen LogP contribution is 2.25. The van der Waals surface area contributed by atoms with Crippen LogP contribution < -0.4 is 4.74 Å². The van der Waals surface area contributed by atoms with E-state index in [0.717, 1.165) is 11.1 Å². The summed E-state index contributed by atoms with van der Waals surface area (Å²) in [5.74, 6) is 1.01. The van der Waals surface area contributed by atoms with Crippen LogP contribution in [0.4, 0.5) is 0 Å². The first-order chi connectivity index (χ1) is 11.3. The van der Waals surface area contributed by atoms with Crippen LogP contribution in [-0.2, 0) is 9.53 Å². The number of hydrogen-bond acceptors (Lipinski definition) is 6. The van der Waals surface area contributed by atoms with E-state index in [1.54, 1.807) is 24.3 Å². The lowest BCUT2D eigenvalue weighted by Gasteiger charge is -2.04. The standard InChI is InChI=1S/C17H14N2O4/c1-21-15(20)11-22-14-9-7-13(8-10-14)17-19-18-16(23-17)12-5-3-2-4-6-12/h2-10H,11H2,1H3. The first-order valence-electron chi connectivity index (χ1n) is 6.95. The van der Waals surface area contributed by atoms with Crippen molar-refractivity contribution in [2.75, 3.05) is 13.7 Å². The molecule has 6 nitrogen and oxygen atoms in total. The highest BCUT2D eigenvalue weighted by Gasteiger charge is 2.10. The summed E-state index contributed by atoms with van der Waals surface area (Å²) in [4.78, 5) is 11.0. The van der Waals surface area contributed by atoms with Gasteiger partial charge < -0.3 is 13.9 Å². The summed E-state index contributed by atoms with van der Waals surface area (Å²) in [5.41, 5.74) is 1.63. The van der Waals surface area contributed by atoms with Gasteiger partial charge in [-0.05, 0) is 36.4 Å². The number of carbonyl (C=O) groups excluding carboxylic acids is 1. The molecule has 0 N–H and O–H groups in total. The fraction of sp³-hybridized carbons (Fsp3) is 0.118. The maximum absolute atomic E-state index is 11.0. The van der Waals surface area contributed by atoms with E-state index in [9.17, 15) is 4.79 Å². The Morgan fingerprint density at radius 1 is 0.957 bits per heavy atom. The van der Waals surface area contributed by atoms with E-state index in [1.165, 1.54) is 7.11 Å². The Balaban J connectivity index is 1.73. The van der Waals surface area contributed by atoms with Gasteiger partial charge in [-0.3, -0.25) is 0 Å². The lowest BCUT2D eigenvalue weighted by atomic mass is 10.2. The lowest BCUT2D eigenvalue weighted by molar-refractivity contribution is -0.142. The Labute approximate surface area is 132 Å². The molecule has 0 unspecified atom stereocenters. The van der Waals surface area contributed by atoms with E-state index in [2.05, 4.69) is 14.9 Å². The van der Waals surface area contributed by atoms with Crippen molar-refractivity contribution in [3.8, 4) is 28.7 Å². The molecular weight excluding hydrogens is 296 g/mol. The SMILES string of the molecule is COC(=O)COc1ccc(-c2nnc(-c3ccccc3)o2)cc1. The smallest absolute Gasteiger partial charge is 0.343 e. The van der Waals surface area contributed by atoms with Gasteiger partial charge >= 0.3 is 5.97 Å². The van der Waals surface area contributed by atoms with Gasteiger partial charge in [-0.1, -0.05) is 18.2 Å². The Morgan fingerprint density at radius 2 is 1.57 bits per heavy atom.